The van der Waals surface area contributed by atoms with Crippen LogP contribution in [0.2, 0.25) is 10.0 Å². The van der Waals surface area contributed by atoms with Gasteiger partial charge >= 0.3 is 0 Å². The van der Waals surface area contributed by atoms with Crippen molar-refractivity contribution >= 4 is 47.0 Å². The van der Waals surface area contributed by atoms with E-state index in [0.717, 1.165) is 11.1 Å². The van der Waals surface area contributed by atoms with E-state index in [9.17, 15) is 4.79 Å². The standard InChI is InChI=1S/C17H13Cl2N3O2S/c1-10-5-7-11(8-6-10)16-21-22(17(25)24-16)9-14(23)20-15-12(18)3-2-4-13(15)19/h2-8H,9H2,1H3,(H,20,23). The number of hydrogen-bond acceptors (Lipinski definition) is 4. The maximum Gasteiger partial charge on any atom is 0.287 e. The van der Waals surface area contributed by atoms with Gasteiger partial charge in [-0.25, -0.2) is 4.68 Å². The molecule has 1 amide bonds. The number of para-hydroxylation sites is 1. The number of nitrogens with one attached hydrogen (secondary N) is 1. The van der Waals surface area contributed by atoms with Gasteiger partial charge in [0.2, 0.25) is 11.8 Å². The number of benzene rings is 2. The first-order valence-corrected chi connectivity index (χ1v) is 8.49. The molecule has 0 saturated carbocycles. The Hall–Kier alpha value is -2.15. The molecule has 1 aromatic heterocycles. The van der Waals surface area contributed by atoms with Gasteiger partial charge in [-0.2, -0.15) is 0 Å². The molecule has 0 atom stereocenters. The Morgan fingerprint density at radius 3 is 2.48 bits per heavy atom. The molecule has 0 bridgehead atoms. The van der Waals surface area contributed by atoms with Crippen molar-refractivity contribution in [1.82, 2.24) is 9.78 Å². The second kappa shape index (κ2) is 7.39. The van der Waals surface area contributed by atoms with Crippen LogP contribution in [-0.4, -0.2) is 15.7 Å². The fourth-order valence-corrected chi connectivity index (χ4v) is 2.83. The van der Waals surface area contributed by atoms with Gasteiger partial charge in [0.25, 0.3) is 4.84 Å². The molecule has 0 saturated heterocycles. The van der Waals surface area contributed by atoms with Crippen LogP contribution >= 0.6 is 35.4 Å². The molecule has 0 aliphatic rings. The summed E-state index contributed by atoms with van der Waals surface area (Å²) in [5.41, 5.74) is 2.26. The summed E-state index contributed by atoms with van der Waals surface area (Å²) >= 11 is 17.2. The second-order valence-corrected chi connectivity index (χ2v) is 6.51. The minimum atomic E-state index is -0.366. The van der Waals surface area contributed by atoms with E-state index in [-0.39, 0.29) is 17.3 Å². The normalized spacial score (nSPS) is 10.7. The molecular weight excluding hydrogens is 381 g/mol. The Morgan fingerprint density at radius 2 is 1.84 bits per heavy atom. The fraction of sp³-hybridized carbons (Fsp3) is 0.118. The lowest BCUT2D eigenvalue weighted by molar-refractivity contribution is -0.117. The van der Waals surface area contributed by atoms with Gasteiger partial charge in [-0.1, -0.05) is 47.0 Å². The first-order valence-electron chi connectivity index (χ1n) is 7.33. The summed E-state index contributed by atoms with van der Waals surface area (Å²) < 4.78 is 6.78. The van der Waals surface area contributed by atoms with Crippen LogP contribution in [0.15, 0.2) is 46.9 Å². The van der Waals surface area contributed by atoms with Crippen molar-refractivity contribution in [3.05, 3.63) is 62.9 Å². The number of aryl methyl sites for hydroxylation is 1. The summed E-state index contributed by atoms with van der Waals surface area (Å²) in [6, 6.07) is 12.6. The van der Waals surface area contributed by atoms with Crippen LogP contribution in [0.3, 0.4) is 0 Å². The van der Waals surface area contributed by atoms with Gasteiger partial charge in [0.05, 0.1) is 15.7 Å². The number of aromatic nitrogens is 2. The van der Waals surface area contributed by atoms with E-state index in [0.29, 0.717) is 21.6 Å². The van der Waals surface area contributed by atoms with E-state index in [4.69, 9.17) is 39.8 Å². The zero-order chi connectivity index (χ0) is 18.0. The average Bonchev–Trinajstić information content (AvgIpc) is 2.92. The Kier molecular flexibility index (Phi) is 5.22. The highest BCUT2D eigenvalue weighted by Crippen LogP contribution is 2.29. The van der Waals surface area contributed by atoms with Crippen molar-refractivity contribution in [3.8, 4) is 11.5 Å². The average molecular weight is 394 g/mol. The molecule has 1 N–H and O–H groups in total. The van der Waals surface area contributed by atoms with Crippen molar-refractivity contribution in [2.24, 2.45) is 0 Å². The largest absolute Gasteiger partial charge is 0.409 e. The monoisotopic (exact) mass is 393 g/mol. The molecule has 128 valence electrons. The Balaban J connectivity index is 1.78. The summed E-state index contributed by atoms with van der Waals surface area (Å²) in [6.45, 7) is 1.87. The maximum atomic E-state index is 12.3. The van der Waals surface area contributed by atoms with Gasteiger partial charge in [-0.3, -0.25) is 4.79 Å². The van der Waals surface area contributed by atoms with E-state index in [2.05, 4.69) is 10.4 Å². The third kappa shape index (κ3) is 4.10. The van der Waals surface area contributed by atoms with E-state index < -0.39 is 0 Å². The molecule has 5 nitrogen and oxygen atoms in total. The van der Waals surface area contributed by atoms with Crippen LogP contribution in [0.1, 0.15) is 5.56 Å². The molecule has 8 heteroatoms. The molecule has 2 aromatic carbocycles. The van der Waals surface area contributed by atoms with Gasteiger partial charge in [-0.05, 0) is 43.4 Å². The molecule has 0 aliphatic carbocycles. The SMILES string of the molecule is Cc1ccc(-c2nn(CC(=O)Nc3c(Cl)cccc3Cl)c(=S)o2)cc1. The smallest absolute Gasteiger partial charge is 0.287 e. The minimum absolute atomic E-state index is 0.107. The fourth-order valence-electron chi connectivity index (χ4n) is 2.15. The lowest BCUT2D eigenvalue weighted by Gasteiger charge is -2.08. The summed E-state index contributed by atoms with van der Waals surface area (Å²) in [5.74, 6) is -0.0107. The van der Waals surface area contributed by atoms with Crippen molar-refractivity contribution < 1.29 is 9.21 Å². The molecule has 0 unspecified atom stereocenters. The maximum absolute atomic E-state index is 12.3. The van der Waals surface area contributed by atoms with Crippen LogP contribution in [0.25, 0.3) is 11.5 Å². The Morgan fingerprint density at radius 1 is 1.20 bits per heavy atom. The summed E-state index contributed by atoms with van der Waals surface area (Å²) in [7, 11) is 0. The van der Waals surface area contributed by atoms with Crippen molar-refractivity contribution in [2.75, 3.05) is 5.32 Å². The predicted molar refractivity (Wildman–Crippen MR) is 101 cm³/mol. The molecule has 0 fully saturated rings. The highest BCUT2D eigenvalue weighted by molar-refractivity contribution is 7.71. The lowest BCUT2D eigenvalue weighted by atomic mass is 10.1. The van der Waals surface area contributed by atoms with E-state index in [1.54, 1.807) is 18.2 Å². The number of amides is 1. The van der Waals surface area contributed by atoms with Gasteiger partial charge < -0.3 is 9.73 Å². The summed E-state index contributed by atoms with van der Waals surface area (Å²) in [4.78, 5) is 12.4. The first-order chi connectivity index (χ1) is 11.9. The highest BCUT2D eigenvalue weighted by atomic mass is 35.5. The molecule has 0 spiro atoms. The van der Waals surface area contributed by atoms with Crippen LogP contribution < -0.4 is 5.32 Å². The lowest BCUT2D eigenvalue weighted by Crippen LogP contribution is -2.20. The number of hydrogen-bond donors (Lipinski definition) is 1. The molecule has 0 aliphatic heterocycles. The van der Waals surface area contributed by atoms with Crippen molar-refractivity contribution in [3.63, 3.8) is 0 Å². The highest BCUT2D eigenvalue weighted by Gasteiger charge is 2.14. The third-order valence-electron chi connectivity index (χ3n) is 3.43. The number of rotatable bonds is 4. The predicted octanol–water partition coefficient (Wildman–Crippen LogP) is 5.13. The van der Waals surface area contributed by atoms with Crippen LogP contribution in [0, 0.1) is 11.8 Å². The van der Waals surface area contributed by atoms with Crippen LogP contribution in [0.4, 0.5) is 5.69 Å². The van der Waals surface area contributed by atoms with Gasteiger partial charge in [-0.15, -0.1) is 5.10 Å². The molecule has 25 heavy (non-hydrogen) atoms. The Bertz CT molecular complexity index is 960. The van der Waals surface area contributed by atoms with E-state index in [1.807, 2.05) is 31.2 Å². The first kappa shape index (κ1) is 17.7. The summed E-state index contributed by atoms with van der Waals surface area (Å²) in [6.07, 6.45) is 0. The second-order valence-electron chi connectivity index (χ2n) is 5.34. The van der Waals surface area contributed by atoms with Crippen molar-refractivity contribution in [1.29, 1.82) is 0 Å². The number of nitrogens with zero attached hydrogens (tertiary/aromatic N) is 2. The molecular formula is C17H13Cl2N3O2S. The van der Waals surface area contributed by atoms with Crippen molar-refractivity contribution in [2.45, 2.75) is 13.5 Å². The number of carbonyl (C=O) groups excluding carboxylic acids is 1. The number of carbonyl (C=O) groups is 1. The number of anilines is 1. The molecule has 3 rings (SSSR count). The molecule has 3 aromatic rings. The van der Waals surface area contributed by atoms with Crippen LogP contribution in [0.5, 0.6) is 0 Å². The van der Waals surface area contributed by atoms with Gasteiger partial charge in [0, 0.05) is 5.56 Å². The van der Waals surface area contributed by atoms with Gasteiger partial charge in [0.15, 0.2) is 0 Å². The third-order valence-corrected chi connectivity index (χ3v) is 4.35. The zero-order valence-electron chi connectivity index (χ0n) is 13.1. The summed E-state index contributed by atoms with van der Waals surface area (Å²) in [5, 5.41) is 7.62. The quantitative estimate of drug-likeness (QED) is 0.624. The molecule has 0 radical (unpaired) electrons. The zero-order valence-corrected chi connectivity index (χ0v) is 15.5. The number of halogens is 2. The topological polar surface area (TPSA) is 60.1 Å². The Labute approximate surface area is 159 Å². The molecule has 1 heterocycles. The van der Waals surface area contributed by atoms with Gasteiger partial charge in [0.1, 0.15) is 6.54 Å². The minimum Gasteiger partial charge on any atom is -0.409 e. The van der Waals surface area contributed by atoms with E-state index >= 15 is 0 Å². The van der Waals surface area contributed by atoms with Crippen LogP contribution in [-0.2, 0) is 11.3 Å². The van der Waals surface area contributed by atoms with E-state index in [1.165, 1.54) is 4.68 Å².